The van der Waals surface area contributed by atoms with Gasteiger partial charge in [0.25, 0.3) is 0 Å². The fourth-order valence-corrected chi connectivity index (χ4v) is 3.61. The van der Waals surface area contributed by atoms with Gasteiger partial charge in [-0.3, -0.25) is 9.59 Å². The standard InChI is InChI=1S/C18H20N2O4S/c1-11-3-4-16(25-11)13-7-14-10-20(17(23)9-19-12(2)21)5-6-24-18(14)15(22)8-13/h3-4,7-8,22H,5-6,9-10H2,1-2H3,(H,19,21). The Morgan fingerprint density at radius 3 is 2.84 bits per heavy atom. The normalized spacial score (nSPS) is 13.6. The third-order valence-electron chi connectivity index (χ3n) is 3.98. The second-order valence-electron chi connectivity index (χ2n) is 5.97. The quantitative estimate of drug-likeness (QED) is 0.880. The van der Waals surface area contributed by atoms with Crippen LogP contribution in [0.15, 0.2) is 24.3 Å². The number of carbonyl (C=O) groups excluding carboxylic acids is 2. The minimum atomic E-state index is -0.243. The van der Waals surface area contributed by atoms with Crippen molar-refractivity contribution in [2.24, 2.45) is 0 Å². The number of aryl methyl sites for hydroxylation is 1. The molecule has 0 saturated heterocycles. The van der Waals surface area contributed by atoms with Gasteiger partial charge in [-0.15, -0.1) is 11.3 Å². The predicted molar refractivity (Wildman–Crippen MR) is 95.8 cm³/mol. The van der Waals surface area contributed by atoms with Crippen molar-refractivity contribution in [3.05, 3.63) is 34.7 Å². The molecule has 1 aromatic heterocycles. The first kappa shape index (κ1) is 17.3. The maximum absolute atomic E-state index is 12.3. The van der Waals surface area contributed by atoms with Gasteiger partial charge in [0, 0.05) is 28.8 Å². The van der Waals surface area contributed by atoms with Gasteiger partial charge in [-0.2, -0.15) is 0 Å². The van der Waals surface area contributed by atoms with Crippen molar-refractivity contribution in [3.63, 3.8) is 0 Å². The van der Waals surface area contributed by atoms with Crippen LogP contribution in [0.2, 0.25) is 0 Å². The molecule has 0 atom stereocenters. The van der Waals surface area contributed by atoms with Gasteiger partial charge in [0.2, 0.25) is 11.8 Å². The van der Waals surface area contributed by atoms with Crippen LogP contribution in [0.4, 0.5) is 0 Å². The van der Waals surface area contributed by atoms with Gasteiger partial charge >= 0.3 is 0 Å². The van der Waals surface area contributed by atoms with Crippen LogP contribution < -0.4 is 10.1 Å². The van der Waals surface area contributed by atoms with Crippen LogP contribution in [0, 0.1) is 6.92 Å². The van der Waals surface area contributed by atoms with Crippen molar-refractivity contribution in [1.29, 1.82) is 0 Å². The number of ether oxygens (including phenoxy) is 1. The van der Waals surface area contributed by atoms with Crippen LogP contribution in [-0.2, 0) is 16.1 Å². The molecule has 0 fully saturated rings. The molecule has 6 nitrogen and oxygen atoms in total. The van der Waals surface area contributed by atoms with Crippen molar-refractivity contribution >= 4 is 23.2 Å². The molecule has 0 bridgehead atoms. The maximum Gasteiger partial charge on any atom is 0.242 e. The molecule has 0 aliphatic carbocycles. The van der Waals surface area contributed by atoms with Crippen molar-refractivity contribution in [3.8, 4) is 21.9 Å². The molecule has 0 unspecified atom stereocenters. The van der Waals surface area contributed by atoms with Gasteiger partial charge in [-0.1, -0.05) is 0 Å². The summed E-state index contributed by atoms with van der Waals surface area (Å²) in [5.41, 5.74) is 1.66. The summed E-state index contributed by atoms with van der Waals surface area (Å²) in [6, 6.07) is 7.68. The minimum Gasteiger partial charge on any atom is -0.504 e. The molecule has 2 N–H and O–H groups in total. The largest absolute Gasteiger partial charge is 0.504 e. The lowest BCUT2D eigenvalue weighted by Crippen LogP contribution is -2.40. The molecule has 25 heavy (non-hydrogen) atoms. The Morgan fingerprint density at radius 2 is 2.16 bits per heavy atom. The van der Waals surface area contributed by atoms with Gasteiger partial charge in [0.15, 0.2) is 11.5 Å². The van der Waals surface area contributed by atoms with E-state index in [2.05, 4.69) is 5.32 Å². The van der Waals surface area contributed by atoms with Crippen LogP contribution in [0.5, 0.6) is 11.5 Å². The molecule has 0 radical (unpaired) electrons. The van der Waals surface area contributed by atoms with E-state index in [1.807, 2.05) is 25.1 Å². The highest BCUT2D eigenvalue weighted by molar-refractivity contribution is 7.15. The summed E-state index contributed by atoms with van der Waals surface area (Å²) in [5, 5.41) is 12.9. The third kappa shape index (κ3) is 3.93. The highest BCUT2D eigenvalue weighted by atomic mass is 32.1. The number of hydrogen-bond acceptors (Lipinski definition) is 5. The van der Waals surface area contributed by atoms with Gasteiger partial charge in [0.05, 0.1) is 13.1 Å². The SMILES string of the molecule is CC(=O)NCC(=O)N1CCOc2c(O)cc(-c3ccc(C)s3)cc2C1. The smallest absolute Gasteiger partial charge is 0.242 e. The summed E-state index contributed by atoms with van der Waals surface area (Å²) in [7, 11) is 0. The van der Waals surface area contributed by atoms with Gasteiger partial charge in [-0.05, 0) is 36.8 Å². The molecular formula is C18H20N2O4S. The highest BCUT2D eigenvalue weighted by Gasteiger charge is 2.23. The number of phenolic OH excluding ortho intramolecular Hbond substituents is 1. The van der Waals surface area contributed by atoms with E-state index >= 15 is 0 Å². The van der Waals surface area contributed by atoms with E-state index < -0.39 is 0 Å². The first-order chi connectivity index (χ1) is 11.9. The van der Waals surface area contributed by atoms with Crippen LogP contribution in [0.3, 0.4) is 0 Å². The van der Waals surface area contributed by atoms with E-state index in [4.69, 9.17) is 4.74 Å². The van der Waals surface area contributed by atoms with E-state index in [0.717, 1.165) is 16.0 Å². The molecule has 0 spiro atoms. The summed E-state index contributed by atoms with van der Waals surface area (Å²) in [6.07, 6.45) is 0. The molecule has 0 saturated carbocycles. The number of nitrogens with one attached hydrogen (secondary N) is 1. The number of benzene rings is 1. The summed E-state index contributed by atoms with van der Waals surface area (Å²) in [4.78, 5) is 27.2. The number of thiophene rings is 1. The van der Waals surface area contributed by atoms with Crippen molar-refractivity contribution in [2.75, 3.05) is 19.7 Å². The Morgan fingerprint density at radius 1 is 1.36 bits per heavy atom. The number of aromatic hydroxyl groups is 1. The molecule has 2 amide bonds. The zero-order valence-corrected chi connectivity index (χ0v) is 15.0. The van der Waals surface area contributed by atoms with Gasteiger partial charge in [0.1, 0.15) is 6.61 Å². The molecule has 2 aromatic rings. The first-order valence-corrected chi connectivity index (χ1v) is 8.83. The van der Waals surface area contributed by atoms with E-state index in [0.29, 0.717) is 25.4 Å². The average Bonchev–Trinajstić information content (AvgIpc) is 2.87. The lowest BCUT2D eigenvalue weighted by molar-refractivity contribution is -0.133. The Labute approximate surface area is 150 Å². The number of hydrogen-bond donors (Lipinski definition) is 2. The molecule has 1 aliphatic rings. The zero-order valence-electron chi connectivity index (χ0n) is 14.2. The number of amides is 2. The average molecular weight is 360 g/mol. The molecule has 2 heterocycles. The monoisotopic (exact) mass is 360 g/mol. The summed E-state index contributed by atoms with van der Waals surface area (Å²) >= 11 is 1.64. The van der Waals surface area contributed by atoms with Crippen LogP contribution in [0.25, 0.3) is 10.4 Å². The number of rotatable bonds is 3. The third-order valence-corrected chi connectivity index (χ3v) is 5.03. The Hall–Kier alpha value is -2.54. The molecule has 7 heteroatoms. The lowest BCUT2D eigenvalue weighted by Gasteiger charge is -2.20. The lowest BCUT2D eigenvalue weighted by atomic mass is 10.1. The van der Waals surface area contributed by atoms with Gasteiger partial charge in [-0.25, -0.2) is 0 Å². The second-order valence-corrected chi connectivity index (χ2v) is 7.26. The van der Waals surface area contributed by atoms with Crippen molar-refractivity contribution in [2.45, 2.75) is 20.4 Å². The van der Waals surface area contributed by atoms with Crippen LogP contribution in [-0.4, -0.2) is 41.5 Å². The van der Waals surface area contributed by atoms with Crippen molar-refractivity contribution < 1.29 is 19.4 Å². The van der Waals surface area contributed by atoms with E-state index in [1.165, 1.54) is 11.8 Å². The number of carbonyl (C=O) groups is 2. The first-order valence-electron chi connectivity index (χ1n) is 8.02. The van der Waals surface area contributed by atoms with E-state index in [-0.39, 0.29) is 24.1 Å². The Kier molecular flexibility index (Phi) is 4.94. The molecule has 1 aliphatic heterocycles. The molecule has 1 aromatic carbocycles. The second kappa shape index (κ2) is 7.14. The number of fused-ring (bicyclic) bond motifs is 1. The Balaban J connectivity index is 1.87. The minimum absolute atomic E-state index is 0.0412. The van der Waals surface area contributed by atoms with Gasteiger partial charge < -0.3 is 20.1 Å². The molecule has 3 rings (SSSR count). The number of nitrogens with zero attached hydrogens (tertiary/aromatic N) is 1. The predicted octanol–water partition coefficient (Wildman–Crippen LogP) is 2.29. The summed E-state index contributed by atoms with van der Waals surface area (Å²) < 4.78 is 5.65. The summed E-state index contributed by atoms with van der Waals surface area (Å²) in [5.74, 6) is 0.0814. The summed E-state index contributed by atoms with van der Waals surface area (Å²) in [6.45, 7) is 4.40. The van der Waals surface area contributed by atoms with E-state index in [1.54, 1.807) is 22.3 Å². The van der Waals surface area contributed by atoms with E-state index in [9.17, 15) is 14.7 Å². The zero-order chi connectivity index (χ0) is 18.0. The fraction of sp³-hybridized carbons (Fsp3) is 0.333. The Bertz CT molecular complexity index is 815. The maximum atomic E-state index is 12.3. The number of phenols is 1. The fourth-order valence-electron chi connectivity index (χ4n) is 2.76. The molecule has 132 valence electrons. The van der Waals surface area contributed by atoms with Crippen molar-refractivity contribution in [1.82, 2.24) is 10.2 Å². The topological polar surface area (TPSA) is 78.9 Å². The van der Waals surface area contributed by atoms with Crippen LogP contribution in [0.1, 0.15) is 17.4 Å². The van der Waals surface area contributed by atoms with Crippen LogP contribution >= 0.6 is 11.3 Å². The molecular weight excluding hydrogens is 340 g/mol. The highest BCUT2D eigenvalue weighted by Crippen LogP contribution is 2.39.